The van der Waals surface area contributed by atoms with E-state index >= 15 is 8.78 Å². The van der Waals surface area contributed by atoms with Gasteiger partial charge in [0.15, 0.2) is 29.9 Å². The number of methoxy groups -OCH3 is 1. The van der Waals surface area contributed by atoms with Crippen molar-refractivity contribution in [3.05, 3.63) is 81.5 Å². The summed E-state index contributed by atoms with van der Waals surface area (Å²) in [5.41, 5.74) is -1.23. The number of carbonyl (C=O) groups is 5. The molecular weight excluding hydrogens is 1050 g/mol. The minimum Gasteiger partial charge on any atom is -0.508 e. The number of hydrogen-bond acceptors (Lipinski definition) is 21. The van der Waals surface area contributed by atoms with Crippen molar-refractivity contribution in [3.8, 4) is 41.1 Å². The molecule has 0 saturated carbocycles. The van der Waals surface area contributed by atoms with Gasteiger partial charge in [-0.3, -0.25) is 39.3 Å². The number of phenolic OH excluding ortho intramolecular Hbond substituents is 1. The number of esters is 4. The first kappa shape index (κ1) is 54.8. The normalized spacial score (nSPS) is 25.1. The van der Waals surface area contributed by atoms with E-state index in [2.05, 4.69) is 27.7 Å². The van der Waals surface area contributed by atoms with Gasteiger partial charge in [0.1, 0.15) is 41.8 Å². The Bertz CT molecular complexity index is 3380. The molecule has 2 bridgehead atoms. The number of halogens is 2. The number of aromatic hydroxyl groups is 1. The van der Waals surface area contributed by atoms with Gasteiger partial charge in [-0.15, -0.1) is 6.42 Å². The van der Waals surface area contributed by atoms with Crippen LogP contribution in [0.15, 0.2) is 48.7 Å². The zero-order chi connectivity index (χ0) is 56.9. The maximum Gasteiger partial charge on any atom is 0.410 e. The van der Waals surface area contributed by atoms with Crippen molar-refractivity contribution in [2.45, 2.75) is 115 Å². The molecule has 1 amide bonds. The van der Waals surface area contributed by atoms with Gasteiger partial charge >= 0.3 is 41.7 Å². The summed E-state index contributed by atoms with van der Waals surface area (Å²) in [4.78, 5) is 95.5. The number of terminal acetylenes is 1. The van der Waals surface area contributed by atoms with Crippen LogP contribution in [0.5, 0.6) is 17.5 Å². The predicted molar refractivity (Wildman–Crippen MR) is 275 cm³/mol. The summed E-state index contributed by atoms with van der Waals surface area (Å²) in [6.45, 7) is 7.31. The Kier molecular flexibility index (Phi) is 15.1. The summed E-state index contributed by atoms with van der Waals surface area (Å²) in [6, 6.07) is 7.90. The van der Waals surface area contributed by atoms with Crippen molar-refractivity contribution in [1.82, 2.24) is 24.8 Å². The first-order chi connectivity index (χ1) is 38.3. The van der Waals surface area contributed by atoms with Gasteiger partial charge in [-0.2, -0.15) is 9.97 Å². The smallest absolute Gasteiger partial charge is 0.410 e. The van der Waals surface area contributed by atoms with Crippen LogP contribution >= 0.6 is 0 Å². The van der Waals surface area contributed by atoms with Crippen molar-refractivity contribution >= 4 is 63.2 Å². The Balaban J connectivity index is 0.901. The van der Waals surface area contributed by atoms with Crippen LogP contribution in [0.1, 0.15) is 70.9 Å². The van der Waals surface area contributed by atoms with Crippen LogP contribution in [0.3, 0.4) is 0 Å². The molecule has 7 heterocycles. The Labute approximate surface area is 455 Å². The second kappa shape index (κ2) is 22.0. The first-order valence-corrected chi connectivity index (χ1v) is 25.8. The fraction of sp³-hybridized carbons (Fsp3) is 0.455. The van der Waals surface area contributed by atoms with E-state index in [0.717, 1.165) is 72.4 Å². The molecule has 1 N–H and O–H groups in total. The number of anilines is 1. The van der Waals surface area contributed by atoms with Crippen LogP contribution in [0.4, 0.5) is 25.1 Å². The Morgan fingerprint density at radius 2 is 1.66 bits per heavy atom. The number of rotatable bonds is 14. The van der Waals surface area contributed by atoms with Gasteiger partial charge in [0.25, 0.3) is 0 Å². The number of fused-ring (bicyclic) bond motifs is 5. The highest BCUT2D eigenvalue weighted by molar-refractivity contribution is 6.03. The second-order valence-corrected chi connectivity index (χ2v) is 20.6. The molecule has 5 saturated heterocycles. The second-order valence-electron chi connectivity index (χ2n) is 20.6. The Hall–Kier alpha value is -8.50. The highest BCUT2D eigenvalue weighted by Gasteiger charge is 2.56. The first-order valence-electron chi connectivity index (χ1n) is 25.8. The SMILES string of the molecule is C#Cc1c(F)ccc2cc(O)cc(-c3ncc4c(N5CC6CCC(C5)N6C(=O)OCc5ccc(O[C@@H]6O[C@H](C(=O)OC)[C@@H](OC(C)=O)[C@H](OC(C)=O)[C@H]6OC(C)=O)c([N+](=O)[O-])c5)nc(OC[C@@]56CCCN5CC(C)C6)nc4c3F)c12. The molecule has 5 fully saturated rings. The number of nitro benzene ring substituents is 1. The molecule has 80 heavy (non-hydrogen) atoms. The number of piperazine rings is 1. The topological polar surface area (TPSA) is 271 Å². The molecule has 5 aliphatic rings. The summed E-state index contributed by atoms with van der Waals surface area (Å²) in [5, 5.41) is 24.1. The van der Waals surface area contributed by atoms with E-state index in [0.29, 0.717) is 30.0 Å². The monoisotopic (exact) mass is 1110 g/mol. The Morgan fingerprint density at radius 1 is 0.950 bits per heavy atom. The zero-order valence-electron chi connectivity index (χ0n) is 44.1. The van der Waals surface area contributed by atoms with Gasteiger partial charge in [0, 0.05) is 63.6 Å². The van der Waals surface area contributed by atoms with Gasteiger partial charge in [-0.25, -0.2) is 18.4 Å². The van der Waals surface area contributed by atoms with Crippen molar-refractivity contribution in [1.29, 1.82) is 0 Å². The Morgan fingerprint density at radius 3 is 2.35 bits per heavy atom. The minimum atomic E-state index is -1.89. The van der Waals surface area contributed by atoms with Gasteiger partial charge in [-0.05, 0) is 79.8 Å². The molecule has 3 unspecified atom stereocenters. The number of phenols is 1. The van der Waals surface area contributed by atoms with E-state index in [-0.39, 0.29) is 75.7 Å². The van der Waals surface area contributed by atoms with Crippen LogP contribution in [0.25, 0.3) is 32.9 Å². The van der Waals surface area contributed by atoms with Gasteiger partial charge in [0.05, 0.1) is 40.6 Å². The third kappa shape index (κ3) is 10.5. The molecule has 2 aromatic heterocycles. The molecule has 0 radical (unpaired) electrons. The van der Waals surface area contributed by atoms with E-state index in [1.54, 1.807) is 4.90 Å². The standard InChI is InChI=1S/C55H55F2N7O16/c1-7-36-39(56)13-10-32-18-35(68)19-37(42(32)36)44-43(57)45-38(21-58-44)50(60-53(59-45)75-26-55-15-8-16-62(55)22-27(2)20-55)61-23-33-11-12-34(24-61)63(33)54(70)74-25-31-9-14-41(40(17-31)64(71)72)79-52-49(78-30(5)67)47(77-29(4)66)46(76-28(3)65)48(80-52)51(69)73-6/h1,9-10,13-14,17-19,21,27,33-34,46-49,52,68H,8,11-12,15-16,20,22-26H2,2-6H3/t27?,33?,34?,46-,47-,48-,49+,52+,55-/m0/s1. The van der Waals surface area contributed by atoms with E-state index in [1.807, 2.05) is 4.90 Å². The lowest BCUT2D eigenvalue weighted by Gasteiger charge is -2.42. The number of nitro groups is 1. The molecule has 3 aromatic carbocycles. The number of pyridine rings is 1. The van der Waals surface area contributed by atoms with E-state index in [4.69, 9.17) is 49.3 Å². The molecule has 0 aliphatic carbocycles. The summed E-state index contributed by atoms with van der Waals surface area (Å²) in [6.07, 6.45) is 1.50. The lowest BCUT2D eigenvalue weighted by atomic mass is 9.92. The molecule has 10 rings (SSSR count). The van der Waals surface area contributed by atoms with Crippen molar-refractivity contribution in [2.75, 3.05) is 44.8 Å². The predicted octanol–water partition coefficient (Wildman–Crippen LogP) is 6.03. The number of carbonyl (C=O) groups excluding carboxylic acids is 5. The van der Waals surface area contributed by atoms with Crippen molar-refractivity contribution < 1.29 is 80.7 Å². The largest absolute Gasteiger partial charge is 0.508 e. The maximum absolute atomic E-state index is 17.4. The summed E-state index contributed by atoms with van der Waals surface area (Å²) in [7, 11) is 1.00. The minimum absolute atomic E-state index is 0.0464. The van der Waals surface area contributed by atoms with Crippen molar-refractivity contribution in [2.24, 2.45) is 5.92 Å². The van der Waals surface area contributed by atoms with Gasteiger partial charge in [0.2, 0.25) is 12.4 Å². The summed E-state index contributed by atoms with van der Waals surface area (Å²) >= 11 is 0. The lowest BCUT2D eigenvalue weighted by Crippen LogP contribution is -2.64. The maximum atomic E-state index is 17.4. The number of benzene rings is 3. The summed E-state index contributed by atoms with van der Waals surface area (Å²) < 4.78 is 77.3. The molecular formula is C55H55F2N7O16. The average Bonchev–Trinajstić information content (AvgIpc) is 4.11. The van der Waals surface area contributed by atoms with E-state index in [1.165, 1.54) is 36.5 Å². The number of aromatic nitrogens is 3. The molecule has 0 spiro atoms. The third-order valence-corrected chi connectivity index (χ3v) is 15.2. The summed E-state index contributed by atoms with van der Waals surface area (Å²) in [5.74, 6) is -3.13. The van der Waals surface area contributed by atoms with Crippen LogP contribution in [-0.4, -0.2) is 153 Å². The average molecular weight is 1110 g/mol. The van der Waals surface area contributed by atoms with Crippen LogP contribution in [-0.2, 0) is 54.2 Å². The molecule has 5 aliphatic heterocycles. The quantitative estimate of drug-likeness (QED) is 0.0437. The third-order valence-electron chi connectivity index (χ3n) is 15.2. The number of amides is 1. The zero-order valence-corrected chi connectivity index (χ0v) is 44.1. The molecule has 5 aromatic rings. The van der Waals surface area contributed by atoms with Gasteiger partial charge < -0.3 is 47.9 Å². The fourth-order valence-corrected chi connectivity index (χ4v) is 12.1. The lowest BCUT2D eigenvalue weighted by molar-refractivity contribution is -0.387. The molecule has 25 heteroatoms. The molecule has 9 atom stereocenters. The highest BCUT2D eigenvalue weighted by atomic mass is 19.1. The van der Waals surface area contributed by atoms with E-state index in [9.17, 15) is 39.2 Å². The van der Waals surface area contributed by atoms with Crippen LogP contribution < -0.4 is 14.4 Å². The highest BCUT2D eigenvalue weighted by Crippen LogP contribution is 2.44. The van der Waals surface area contributed by atoms with Crippen LogP contribution in [0, 0.1) is 40.0 Å². The molecule has 420 valence electrons. The number of ether oxygens (including phenoxy) is 8. The van der Waals surface area contributed by atoms with Crippen LogP contribution in [0.2, 0.25) is 0 Å². The molecule has 23 nitrogen and oxygen atoms in total. The van der Waals surface area contributed by atoms with Gasteiger partial charge in [-0.1, -0.05) is 25.0 Å². The fourth-order valence-electron chi connectivity index (χ4n) is 12.1. The number of nitrogens with zero attached hydrogens (tertiary/aromatic N) is 7. The van der Waals surface area contributed by atoms with Crippen molar-refractivity contribution in [3.63, 3.8) is 0 Å². The number of hydrogen-bond donors (Lipinski definition) is 1. The van der Waals surface area contributed by atoms with E-state index < -0.39 is 107 Å².